The summed E-state index contributed by atoms with van der Waals surface area (Å²) in [6.45, 7) is 1.55. The summed E-state index contributed by atoms with van der Waals surface area (Å²) in [5, 5.41) is 9.71. The molecule has 0 atom stereocenters. The quantitative estimate of drug-likeness (QED) is 0.642. The molecule has 1 amide bonds. The minimum atomic E-state index is -0.0279. The molecule has 1 fully saturated rings. The van der Waals surface area contributed by atoms with Crippen LogP contribution in [-0.2, 0) is 0 Å². The molecule has 0 aromatic heterocycles. The average molecular weight is 291 g/mol. The molecule has 0 aliphatic heterocycles. The fraction of sp³-hybridized carbons (Fsp3) is 0.562. The van der Waals surface area contributed by atoms with Crippen LogP contribution >= 0.6 is 0 Å². The van der Waals surface area contributed by atoms with E-state index in [-0.39, 0.29) is 11.7 Å². The Morgan fingerprint density at radius 1 is 1.29 bits per heavy atom. The molecule has 1 aliphatic rings. The van der Waals surface area contributed by atoms with E-state index in [1.807, 2.05) is 19.0 Å². The Balaban J connectivity index is 2.17. The third-order valence-electron chi connectivity index (χ3n) is 4.09. The Bertz CT molecular complexity index is 496. The van der Waals surface area contributed by atoms with E-state index < -0.39 is 0 Å². The SMILES string of the molecule is CN(C)CCN(C(=O)c1ccc(N)c(O)c1)C1CCCC1. The van der Waals surface area contributed by atoms with Gasteiger partial charge in [0.1, 0.15) is 5.75 Å². The molecule has 1 aromatic rings. The fourth-order valence-electron chi connectivity index (χ4n) is 2.82. The van der Waals surface area contributed by atoms with Gasteiger partial charge in [0.25, 0.3) is 5.91 Å². The van der Waals surface area contributed by atoms with Gasteiger partial charge in [-0.15, -0.1) is 0 Å². The van der Waals surface area contributed by atoms with Gasteiger partial charge in [-0.05, 0) is 45.1 Å². The van der Waals surface area contributed by atoms with Crippen molar-refractivity contribution in [1.29, 1.82) is 0 Å². The molecule has 0 bridgehead atoms. The number of nitrogens with two attached hydrogens (primary N) is 1. The van der Waals surface area contributed by atoms with Crippen LogP contribution in [0.15, 0.2) is 18.2 Å². The van der Waals surface area contributed by atoms with Gasteiger partial charge < -0.3 is 20.6 Å². The summed E-state index contributed by atoms with van der Waals surface area (Å²) >= 11 is 0. The number of aromatic hydroxyl groups is 1. The summed E-state index contributed by atoms with van der Waals surface area (Å²) < 4.78 is 0. The molecule has 1 aliphatic carbocycles. The van der Waals surface area contributed by atoms with E-state index in [4.69, 9.17) is 5.73 Å². The van der Waals surface area contributed by atoms with Gasteiger partial charge in [0.15, 0.2) is 0 Å². The summed E-state index contributed by atoms with van der Waals surface area (Å²) in [5.74, 6) is -0.0427. The molecule has 21 heavy (non-hydrogen) atoms. The predicted molar refractivity (Wildman–Crippen MR) is 84.4 cm³/mol. The van der Waals surface area contributed by atoms with Crippen molar-refractivity contribution in [1.82, 2.24) is 9.80 Å². The first kappa shape index (κ1) is 15.6. The molecule has 1 aromatic carbocycles. The van der Waals surface area contributed by atoms with Crippen molar-refractivity contribution in [2.45, 2.75) is 31.7 Å². The van der Waals surface area contributed by atoms with Crippen molar-refractivity contribution in [3.63, 3.8) is 0 Å². The molecule has 1 saturated carbocycles. The molecule has 116 valence electrons. The zero-order chi connectivity index (χ0) is 15.4. The highest BCUT2D eigenvalue weighted by Gasteiger charge is 2.27. The van der Waals surface area contributed by atoms with E-state index in [0.29, 0.717) is 23.8 Å². The monoisotopic (exact) mass is 291 g/mol. The maximum absolute atomic E-state index is 12.8. The van der Waals surface area contributed by atoms with E-state index in [1.165, 1.54) is 18.9 Å². The number of likely N-dealkylation sites (N-methyl/N-ethyl adjacent to an activating group) is 1. The van der Waals surface area contributed by atoms with Gasteiger partial charge in [-0.25, -0.2) is 0 Å². The lowest BCUT2D eigenvalue weighted by Crippen LogP contribution is -2.42. The predicted octanol–water partition coefficient (Wildman–Crippen LogP) is 1.92. The van der Waals surface area contributed by atoms with E-state index in [0.717, 1.165) is 19.4 Å². The third kappa shape index (κ3) is 3.88. The normalized spacial score (nSPS) is 15.6. The molecule has 0 unspecified atom stereocenters. The fourth-order valence-corrected chi connectivity index (χ4v) is 2.82. The minimum absolute atomic E-state index is 0.0148. The van der Waals surface area contributed by atoms with Crippen molar-refractivity contribution in [2.24, 2.45) is 0 Å². The van der Waals surface area contributed by atoms with Gasteiger partial charge in [-0.1, -0.05) is 12.8 Å². The van der Waals surface area contributed by atoms with Crippen LogP contribution in [0.2, 0.25) is 0 Å². The van der Waals surface area contributed by atoms with Crippen molar-refractivity contribution in [3.8, 4) is 5.75 Å². The highest BCUT2D eigenvalue weighted by molar-refractivity contribution is 5.95. The van der Waals surface area contributed by atoms with Crippen LogP contribution < -0.4 is 5.73 Å². The molecule has 3 N–H and O–H groups in total. The number of anilines is 1. The summed E-state index contributed by atoms with van der Waals surface area (Å²) in [6, 6.07) is 5.06. The van der Waals surface area contributed by atoms with Gasteiger partial charge in [0, 0.05) is 24.7 Å². The van der Waals surface area contributed by atoms with Crippen LogP contribution in [0.25, 0.3) is 0 Å². The van der Waals surface area contributed by atoms with E-state index in [2.05, 4.69) is 4.90 Å². The van der Waals surface area contributed by atoms with Crippen LogP contribution in [0.1, 0.15) is 36.0 Å². The van der Waals surface area contributed by atoms with Crippen LogP contribution in [0.5, 0.6) is 5.75 Å². The number of phenolic OH excluding ortho intramolecular Hbond substituents is 1. The zero-order valence-corrected chi connectivity index (χ0v) is 12.9. The van der Waals surface area contributed by atoms with Crippen molar-refractivity contribution in [3.05, 3.63) is 23.8 Å². The second-order valence-electron chi connectivity index (χ2n) is 6.01. The lowest BCUT2D eigenvalue weighted by Gasteiger charge is -2.30. The van der Waals surface area contributed by atoms with E-state index in [9.17, 15) is 9.90 Å². The van der Waals surface area contributed by atoms with Crippen LogP contribution in [-0.4, -0.2) is 54.0 Å². The number of carbonyl (C=O) groups is 1. The molecule has 0 spiro atoms. The Morgan fingerprint density at radius 2 is 1.95 bits per heavy atom. The third-order valence-corrected chi connectivity index (χ3v) is 4.09. The number of hydrogen-bond acceptors (Lipinski definition) is 4. The van der Waals surface area contributed by atoms with E-state index >= 15 is 0 Å². The van der Waals surface area contributed by atoms with Crippen molar-refractivity contribution >= 4 is 11.6 Å². The molecule has 5 heteroatoms. The Kier molecular flexibility index (Phi) is 5.07. The van der Waals surface area contributed by atoms with Crippen molar-refractivity contribution < 1.29 is 9.90 Å². The maximum Gasteiger partial charge on any atom is 0.254 e. The first-order chi connectivity index (χ1) is 9.99. The minimum Gasteiger partial charge on any atom is -0.506 e. The number of hydrogen-bond donors (Lipinski definition) is 2. The smallest absolute Gasteiger partial charge is 0.254 e. The summed E-state index contributed by atoms with van der Waals surface area (Å²) in [7, 11) is 4.01. The molecular formula is C16H25N3O2. The van der Waals surface area contributed by atoms with Gasteiger partial charge in [-0.3, -0.25) is 4.79 Å². The van der Waals surface area contributed by atoms with E-state index in [1.54, 1.807) is 12.1 Å². The van der Waals surface area contributed by atoms with Crippen molar-refractivity contribution in [2.75, 3.05) is 32.9 Å². The highest BCUT2D eigenvalue weighted by atomic mass is 16.3. The Morgan fingerprint density at radius 3 is 2.52 bits per heavy atom. The topological polar surface area (TPSA) is 69.8 Å². The Labute approximate surface area is 126 Å². The average Bonchev–Trinajstić information content (AvgIpc) is 2.95. The maximum atomic E-state index is 12.8. The molecule has 5 nitrogen and oxygen atoms in total. The van der Waals surface area contributed by atoms with Gasteiger partial charge in [0.2, 0.25) is 0 Å². The number of rotatable bonds is 5. The number of carbonyl (C=O) groups excluding carboxylic acids is 1. The van der Waals surface area contributed by atoms with Gasteiger partial charge in [-0.2, -0.15) is 0 Å². The number of amides is 1. The first-order valence-electron chi connectivity index (χ1n) is 7.53. The zero-order valence-electron chi connectivity index (χ0n) is 12.9. The standard InChI is InChI=1S/C16H25N3O2/c1-18(2)9-10-19(13-5-3-4-6-13)16(21)12-7-8-14(17)15(20)11-12/h7-8,11,13,20H,3-6,9-10,17H2,1-2H3. The molecule has 0 heterocycles. The van der Waals surface area contributed by atoms with Crippen LogP contribution in [0.3, 0.4) is 0 Å². The molecular weight excluding hydrogens is 266 g/mol. The lowest BCUT2D eigenvalue weighted by molar-refractivity contribution is 0.0667. The Hall–Kier alpha value is -1.75. The number of phenols is 1. The second-order valence-corrected chi connectivity index (χ2v) is 6.01. The van der Waals surface area contributed by atoms with Crippen LogP contribution in [0.4, 0.5) is 5.69 Å². The summed E-state index contributed by atoms with van der Waals surface area (Å²) in [6.07, 6.45) is 4.51. The molecule has 2 rings (SSSR count). The number of nitrogen functional groups attached to an aromatic ring is 1. The highest BCUT2D eigenvalue weighted by Crippen LogP contribution is 2.27. The number of benzene rings is 1. The molecule has 0 radical (unpaired) electrons. The molecule has 0 saturated heterocycles. The summed E-state index contributed by atoms with van der Waals surface area (Å²) in [5.41, 5.74) is 6.41. The largest absolute Gasteiger partial charge is 0.506 e. The van der Waals surface area contributed by atoms with Gasteiger partial charge >= 0.3 is 0 Å². The number of nitrogens with zero attached hydrogens (tertiary/aromatic N) is 2. The second kappa shape index (κ2) is 6.80. The first-order valence-corrected chi connectivity index (χ1v) is 7.53. The summed E-state index contributed by atoms with van der Waals surface area (Å²) in [4.78, 5) is 16.8. The van der Waals surface area contributed by atoms with Gasteiger partial charge in [0.05, 0.1) is 5.69 Å². The van der Waals surface area contributed by atoms with Crippen LogP contribution in [0, 0.1) is 0 Å². The lowest BCUT2D eigenvalue weighted by atomic mass is 10.1.